The van der Waals surface area contributed by atoms with Crippen LogP contribution in [0, 0.1) is 17.8 Å². The van der Waals surface area contributed by atoms with Crippen molar-refractivity contribution in [3.05, 3.63) is 23.3 Å². The molecule has 2 rings (SSSR count). The first-order valence-corrected chi connectivity index (χ1v) is 5.04. The van der Waals surface area contributed by atoms with Crippen LogP contribution in [0.5, 0.6) is 0 Å². The van der Waals surface area contributed by atoms with Gasteiger partial charge in [0.15, 0.2) is 0 Å². The second-order valence-corrected chi connectivity index (χ2v) is 4.48. The van der Waals surface area contributed by atoms with Crippen molar-refractivity contribution >= 4 is 0 Å². The number of hydrogen-bond donors (Lipinski definition) is 0. The molecule has 66 valence electrons. The lowest BCUT2D eigenvalue weighted by Gasteiger charge is -2.12. The van der Waals surface area contributed by atoms with E-state index in [9.17, 15) is 0 Å². The van der Waals surface area contributed by atoms with Crippen LogP contribution < -0.4 is 0 Å². The molecular weight excluding hydrogens is 144 g/mol. The minimum absolute atomic E-state index is 0.711. The first-order chi connectivity index (χ1) is 5.63. The predicted octanol–water partition coefficient (Wildman–Crippen LogP) is 3.55. The molecule has 2 aliphatic carbocycles. The van der Waals surface area contributed by atoms with Gasteiger partial charge < -0.3 is 0 Å². The van der Waals surface area contributed by atoms with E-state index >= 15 is 0 Å². The van der Waals surface area contributed by atoms with Crippen LogP contribution in [0.15, 0.2) is 23.3 Å². The summed E-state index contributed by atoms with van der Waals surface area (Å²) in [6.45, 7) is 11.3. The molecule has 3 atom stereocenters. The van der Waals surface area contributed by atoms with Gasteiger partial charge in [-0.1, -0.05) is 32.9 Å². The molecule has 0 aromatic rings. The third-order valence-electron chi connectivity index (χ3n) is 3.81. The Balaban J connectivity index is 2.37. The molecule has 0 nitrogen and oxygen atoms in total. The fourth-order valence-corrected chi connectivity index (χ4v) is 2.43. The lowest BCUT2D eigenvalue weighted by Crippen LogP contribution is -2.05. The van der Waals surface area contributed by atoms with Crippen molar-refractivity contribution in [3.8, 4) is 0 Å². The van der Waals surface area contributed by atoms with Crippen molar-refractivity contribution in [2.24, 2.45) is 17.8 Å². The minimum atomic E-state index is 0.711. The molecule has 3 unspecified atom stereocenters. The maximum atomic E-state index is 4.22. The molecule has 0 heteroatoms. The summed E-state index contributed by atoms with van der Waals surface area (Å²) in [7, 11) is 0. The molecule has 2 saturated carbocycles. The molecule has 0 heterocycles. The quantitative estimate of drug-likeness (QED) is 0.511. The van der Waals surface area contributed by atoms with Crippen molar-refractivity contribution in [1.82, 2.24) is 0 Å². The van der Waals surface area contributed by atoms with Gasteiger partial charge in [-0.15, -0.1) is 0 Å². The maximum Gasteiger partial charge on any atom is -0.0157 e. The predicted molar refractivity (Wildman–Crippen MR) is 52.9 cm³/mol. The highest BCUT2D eigenvalue weighted by atomic mass is 14.4. The number of hydrogen-bond acceptors (Lipinski definition) is 0. The topological polar surface area (TPSA) is 0 Å². The van der Waals surface area contributed by atoms with Crippen LogP contribution in [0.2, 0.25) is 0 Å². The third kappa shape index (κ3) is 0.972. The van der Waals surface area contributed by atoms with E-state index in [-0.39, 0.29) is 0 Å². The summed E-state index contributed by atoms with van der Waals surface area (Å²) in [5.41, 5.74) is 4.77. The second kappa shape index (κ2) is 2.48. The van der Waals surface area contributed by atoms with Gasteiger partial charge in [-0.3, -0.25) is 0 Å². The van der Waals surface area contributed by atoms with E-state index in [0.717, 1.165) is 11.8 Å². The second-order valence-electron chi connectivity index (χ2n) is 4.48. The molecular formula is C12H18. The average molecular weight is 162 g/mol. The number of allylic oxidation sites excluding steroid dienone is 3. The zero-order chi connectivity index (χ0) is 8.88. The molecule has 0 radical (unpaired) electrons. The smallest absolute Gasteiger partial charge is 0.0157 e. The van der Waals surface area contributed by atoms with Crippen LogP contribution in [-0.4, -0.2) is 0 Å². The van der Waals surface area contributed by atoms with Gasteiger partial charge in [0.2, 0.25) is 0 Å². The van der Waals surface area contributed by atoms with E-state index in [0.29, 0.717) is 5.92 Å². The molecule has 0 bridgehead atoms. The Morgan fingerprint density at radius 1 is 1.08 bits per heavy atom. The summed E-state index contributed by atoms with van der Waals surface area (Å²) in [4.78, 5) is 0. The summed E-state index contributed by atoms with van der Waals surface area (Å²) in [6, 6.07) is 0. The fourth-order valence-electron chi connectivity index (χ4n) is 2.43. The van der Waals surface area contributed by atoms with E-state index in [2.05, 4.69) is 27.4 Å². The highest BCUT2D eigenvalue weighted by Crippen LogP contribution is 2.50. The van der Waals surface area contributed by atoms with E-state index in [1.807, 2.05) is 0 Å². The molecule has 0 spiro atoms. The Morgan fingerprint density at radius 3 is 2.00 bits per heavy atom. The van der Waals surface area contributed by atoms with Crippen molar-refractivity contribution in [2.75, 3.05) is 0 Å². The van der Waals surface area contributed by atoms with Gasteiger partial charge in [-0.05, 0) is 41.7 Å². The summed E-state index contributed by atoms with van der Waals surface area (Å²) in [6.07, 6.45) is 2.69. The molecule has 0 saturated heterocycles. The van der Waals surface area contributed by atoms with Gasteiger partial charge in [0, 0.05) is 0 Å². The normalized spacial score (nSPS) is 40.9. The van der Waals surface area contributed by atoms with Gasteiger partial charge in [0.05, 0.1) is 0 Å². The van der Waals surface area contributed by atoms with Crippen molar-refractivity contribution < 1.29 is 0 Å². The summed E-state index contributed by atoms with van der Waals surface area (Å²) in [5, 5.41) is 0. The average Bonchev–Trinajstić information content (AvgIpc) is 2.82. The lowest BCUT2D eigenvalue weighted by molar-refractivity contribution is 0.409. The van der Waals surface area contributed by atoms with Crippen molar-refractivity contribution in [3.63, 3.8) is 0 Å². The summed E-state index contributed by atoms with van der Waals surface area (Å²) < 4.78 is 0. The zero-order valence-electron chi connectivity index (χ0n) is 8.35. The fraction of sp³-hybridized carbons (Fsp3) is 0.667. The lowest BCUT2D eigenvalue weighted by atomic mass is 9.93. The largest absolute Gasteiger partial charge is 0.0953 e. The molecule has 2 aliphatic rings. The van der Waals surface area contributed by atoms with Crippen LogP contribution in [0.25, 0.3) is 0 Å². The van der Waals surface area contributed by atoms with Crippen LogP contribution in [-0.2, 0) is 0 Å². The van der Waals surface area contributed by atoms with Gasteiger partial charge >= 0.3 is 0 Å². The van der Waals surface area contributed by atoms with Crippen LogP contribution in [0.4, 0.5) is 0 Å². The van der Waals surface area contributed by atoms with Crippen LogP contribution in [0.1, 0.15) is 33.6 Å². The van der Waals surface area contributed by atoms with E-state index in [1.54, 1.807) is 11.1 Å². The Hall–Kier alpha value is -0.520. The van der Waals surface area contributed by atoms with E-state index in [4.69, 9.17) is 0 Å². The third-order valence-corrected chi connectivity index (χ3v) is 3.81. The Bertz CT molecular complexity index is 251. The van der Waals surface area contributed by atoms with Crippen molar-refractivity contribution in [1.29, 1.82) is 0 Å². The Kier molecular flexibility index (Phi) is 1.67. The van der Waals surface area contributed by atoms with Gasteiger partial charge in [0.25, 0.3) is 0 Å². The molecule has 0 aliphatic heterocycles. The maximum absolute atomic E-state index is 4.22. The molecule has 0 aromatic carbocycles. The zero-order valence-corrected chi connectivity index (χ0v) is 8.35. The molecule has 0 N–H and O–H groups in total. The van der Waals surface area contributed by atoms with Crippen LogP contribution >= 0.6 is 0 Å². The van der Waals surface area contributed by atoms with Gasteiger partial charge in [-0.2, -0.15) is 0 Å². The van der Waals surface area contributed by atoms with Crippen molar-refractivity contribution in [2.45, 2.75) is 33.6 Å². The molecule has 12 heavy (non-hydrogen) atoms. The molecule has 0 amide bonds. The Morgan fingerprint density at radius 2 is 1.67 bits per heavy atom. The molecule has 0 aromatic heterocycles. The van der Waals surface area contributed by atoms with Gasteiger partial charge in [0.1, 0.15) is 0 Å². The monoisotopic (exact) mass is 162 g/mol. The van der Waals surface area contributed by atoms with Gasteiger partial charge in [-0.25, -0.2) is 0 Å². The van der Waals surface area contributed by atoms with Crippen LogP contribution in [0.3, 0.4) is 0 Å². The number of rotatable bonds is 0. The minimum Gasteiger partial charge on any atom is -0.0953 e. The summed E-state index contributed by atoms with van der Waals surface area (Å²) in [5.74, 6) is 2.29. The molecule has 2 fully saturated rings. The van der Waals surface area contributed by atoms with E-state index < -0.39 is 0 Å². The first kappa shape index (κ1) is 8.10. The highest BCUT2D eigenvalue weighted by Gasteiger charge is 2.37. The van der Waals surface area contributed by atoms with E-state index in [1.165, 1.54) is 18.4 Å². The first-order valence-electron chi connectivity index (χ1n) is 5.04. The standard InChI is InChI=1S/C12H18/c1-7-8(2)10(4)12(9(7)3)11-5-6-11/h7-8,10H,3,5-6H2,1-2,4H3. The Labute approximate surface area is 75.4 Å². The summed E-state index contributed by atoms with van der Waals surface area (Å²) >= 11 is 0. The highest BCUT2D eigenvalue weighted by molar-refractivity contribution is 5.45. The SMILES string of the molecule is C=C1C(=C2CC2)C(C)C(C)C1C.